The van der Waals surface area contributed by atoms with Crippen molar-refractivity contribution in [3.05, 3.63) is 18.2 Å². The van der Waals surface area contributed by atoms with E-state index in [4.69, 9.17) is 0 Å². The first kappa shape index (κ1) is 22.3. The van der Waals surface area contributed by atoms with Gasteiger partial charge in [-0.05, 0) is 32.1 Å². The number of sulfonamides is 1. The minimum Gasteiger partial charge on any atom is -0.343 e. The number of amides is 1. The molecule has 1 aromatic heterocycles. The van der Waals surface area contributed by atoms with E-state index >= 15 is 0 Å². The largest absolute Gasteiger partial charge is 0.343 e. The van der Waals surface area contributed by atoms with Gasteiger partial charge in [0.2, 0.25) is 15.9 Å². The van der Waals surface area contributed by atoms with Crippen LogP contribution in [0, 0.1) is 12.8 Å². The molecule has 0 atom stereocenters. The van der Waals surface area contributed by atoms with Crippen LogP contribution in [0.4, 0.5) is 0 Å². The lowest BCUT2D eigenvalue weighted by atomic mass is 9.86. The highest BCUT2D eigenvalue weighted by Gasteiger charge is 2.31. The maximum atomic E-state index is 12.6. The number of hydrogen-bond acceptors (Lipinski definition) is 4. The molecule has 1 saturated heterocycles. The standard InChI is InChI=1S/C21H36N4O3S/c1-18-22-12-15-23(18)16-17-25(29(2,27)28)20-10-13-24(14-11-20)21(26)9-8-19-6-4-3-5-7-19/h12,15,19-20H,3-11,13-14,16-17H2,1-2H3. The molecule has 0 spiro atoms. The van der Waals surface area contributed by atoms with Crippen LogP contribution in [-0.4, -0.2) is 65.0 Å². The maximum absolute atomic E-state index is 12.6. The van der Waals surface area contributed by atoms with Crippen LogP contribution in [0.2, 0.25) is 0 Å². The third-order valence-electron chi connectivity index (χ3n) is 6.63. The number of imidazole rings is 1. The first-order valence-corrected chi connectivity index (χ1v) is 12.9. The van der Waals surface area contributed by atoms with Crippen molar-refractivity contribution in [2.24, 2.45) is 5.92 Å². The zero-order chi connectivity index (χ0) is 20.9. The van der Waals surface area contributed by atoms with Gasteiger partial charge in [0.15, 0.2) is 0 Å². The van der Waals surface area contributed by atoms with Gasteiger partial charge >= 0.3 is 0 Å². The molecular weight excluding hydrogens is 388 g/mol. The monoisotopic (exact) mass is 424 g/mol. The SMILES string of the molecule is Cc1nccn1CCN(C1CCN(C(=O)CCC2CCCCC2)CC1)S(C)(=O)=O. The van der Waals surface area contributed by atoms with Gasteiger partial charge < -0.3 is 9.47 Å². The van der Waals surface area contributed by atoms with E-state index in [1.807, 2.05) is 22.6 Å². The Kier molecular flexibility index (Phi) is 7.73. The summed E-state index contributed by atoms with van der Waals surface area (Å²) in [5.74, 6) is 1.85. The fourth-order valence-corrected chi connectivity index (χ4v) is 6.00. The summed E-state index contributed by atoms with van der Waals surface area (Å²) >= 11 is 0. The molecule has 2 heterocycles. The van der Waals surface area contributed by atoms with Crippen LogP contribution in [-0.2, 0) is 21.4 Å². The average Bonchev–Trinajstić information content (AvgIpc) is 3.11. The number of hydrogen-bond donors (Lipinski definition) is 0. The van der Waals surface area contributed by atoms with Crippen LogP contribution in [0.1, 0.15) is 63.6 Å². The summed E-state index contributed by atoms with van der Waals surface area (Å²) in [4.78, 5) is 18.8. The van der Waals surface area contributed by atoms with Crippen molar-refractivity contribution >= 4 is 15.9 Å². The Morgan fingerprint density at radius 2 is 1.86 bits per heavy atom. The van der Waals surface area contributed by atoms with Gasteiger partial charge in [-0.3, -0.25) is 4.79 Å². The molecule has 29 heavy (non-hydrogen) atoms. The summed E-state index contributed by atoms with van der Waals surface area (Å²) in [6.07, 6.45) is 14.5. The van der Waals surface area contributed by atoms with E-state index in [0.717, 1.165) is 18.2 Å². The van der Waals surface area contributed by atoms with Gasteiger partial charge in [0.05, 0.1) is 6.26 Å². The molecular formula is C21H36N4O3S. The number of aryl methyl sites for hydroxylation is 1. The van der Waals surface area contributed by atoms with Gasteiger partial charge in [-0.2, -0.15) is 4.31 Å². The number of carbonyl (C=O) groups excluding carboxylic acids is 1. The van der Waals surface area contributed by atoms with Crippen LogP contribution in [0.3, 0.4) is 0 Å². The average molecular weight is 425 g/mol. The van der Waals surface area contributed by atoms with Crippen LogP contribution in [0.15, 0.2) is 12.4 Å². The van der Waals surface area contributed by atoms with E-state index in [1.54, 1.807) is 10.5 Å². The zero-order valence-electron chi connectivity index (χ0n) is 17.9. The molecule has 0 aromatic carbocycles. The summed E-state index contributed by atoms with van der Waals surface area (Å²) in [6.45, 7) is 4.27. The molecule has 1 aliphatic heterocycles. The lowest BCUT2D eigenvalue weighted by molar-refractivity contribution is -0.132. The molecule has 2 fully saturated rings. The van der Waals surface area contributed by atoms with Crippen LogP contribution >= 0.6 is 0 Å². The molecule has 3 rings (SSSR count). The first-order chi connectivity index (χ1) is 13.8. The molecule has 0 N–H and O–H groups in total. The van der Waals surface area contributed by atoms with Crippen LogP contribution in [0.25, 0.3) is 0 Å². The van der Waals surface area contributed by atoms with E-state index in [2.05, 4.69) is 4.98 Å². The summed E-state index contributed by atoms with van der Waals surface area (Å²) in [5.41, 5.74) is 0. The Morgan fingerprint density at radius 1 is 1.17 bits per heavy atom. The fraction of sp³-hybridized carbons (Fsp3) is 0.810. The summed E-state index contributed by atoms with van der Waals surface area (Å²) in [5, 5.41) is 0. The summed E-state index contributed by atoms with van der Waals surface area (Å²) in [6, 6.07) is -0.0313. The van der Waals surface area contributed by atoms with Crippen LogP contribution < -0.4 is 0 Å². The summed E-state index contributed by atoms with van der Waals surface area (Å²) < 4.78 is 28.4. The fourth-order valence-electron chi connectivity index (χ4n) is 4.83. The Labute approximate surface area is 175 Å². The van der Waals surface area contributed by atoms with E-state index in [1.165, 1.54) is 38.4 Å². The Bertz CT molecular complexity index is 763. The van der Waals surface area contributed by atoms with Crippen molar-refractivity contribution in [3.63, 3.8) is 0 Å². The second-order valence-corrected chi connectivity index (χ2v) is 10.6. The number of nitrogens with zero attached hydrogens (tertiary/aromatic N) is 4. The third-order valence-corrected chi connectivity index (χ3v) is 7.96. The van der Waals surface area contributed by atoms with Gasteiger partial charge in [-0.25, -0.2) is 13.4 Å². The Balaban J connectivity index is 1.48. The smallest absolute Gasteiger partial charge is 0.222 e. The molecule has 1 aliphatic carbocycles. The van der Waals surface area contributed by atoms with Crippen LogP contribution in [0.5, 0.6) is 0 Å². The number of carbonyl (C=O) groups is 1. The zero-order valence-corrected chi connectivity index (χ0v) is 18.7. The Hall–Kier alpha value is -1.41. The minimum atomic E-state index is -3.30. The highest BCUT2D eigenvalue weighted by Crippen LogP contribution is 2.28. The van der Waals surface area contributed by atoms with Gasteiger partial charge in [0, 0.05) is 51.0 Å². The lowest BCUT2D eigenvalue weighted by Crippen LogP contribution is -2.49. The van der Waals surface area contributed by atoms with Crippen molar-refractivity contribution in [1.29, 1.82) is 0 Å². The number of rotatable bonds is 8. The molecule has 0 radical (unpaired) electrons. The van der Waals surface area contributed by atoms with Crippen molar-refractivity contribution in [3.8, 4) is 0 Å². The van der Waals surface area contributed by atoms with E-state index in [0.29, 0.717) is 45.4 Å². The molecule has 7 nitrogen and oxygen atoms in total. The van der Waals surface area contributed by atoms with Gasteiger partial charge in [-0.15, -0.1) is 0 Å². The molecule has 1 saturated carbocycles. The normalized spacial score (nSPS) is 19.8. The van der Waals surface area contributed by atoms with Gasteiger partial charge in [0.25, 0.3) is 0 Å². The number of aromatic nitrogens is 2. The predicted molar refractivity (Wildman–Crippen MR) is 114 cm³/mol. The molecule has 8 heteroatoms. The van der Waals surface area contributed by atoms with E-state index in [9.17, 15) is 13.2 Å². The quantitative estimate of drug-likeness (QED) is 0.643. The maximum Gasteiger partial charge on any atom is 0.222 e. The van der Waals surface area contributed by atoms with Gasteiger partial charge in [-0.1, -0.05) is 32.1 Å². The number of piperidine rings is 1. The lowest BCUT2D eigenvalue weighted by Gasteiger charge is -2.37. The highest BCUT2D eigenvalue weighted by atomic mass is 32.2. The minimum absolute atomic E-state index is 0.0313. The van der Waals surface area contributed by atoms with Crippen molar-refractivity contribution < 1.29 is 13.2 Å². The first-order valence-electron chi connectivity index (χ1n) is 11.1. The van der Waals surface area contributed by atoms with Gasteiger partial charge in [0.1, 0.15) is 5.82 Å². The Morgan fingerprint density at radius 3 is 2.45 bits per heavy atom. The van der Waals surface area contributed by atoms with Crippen molar-refractivity contribution in [2.75, 3.05) is 25.9 Å². The van der Waals surface area contributed by atoms with Crippen molar-refractivity contribution in [1.82, 2.24) is 18.8 Å². The molecule has 2 aliphatic rings. The topological polar surface area (TPSA) is 75.5 Å². The molecule has 0 bridgehead atoms. The molecule has 1 aromatic rings. The molecule has 164 valence electrons. The predicted octanol–water partition coefficient (Wildman–Crippen LogP) is 2.80. The van der Waals surface area contributed by atoms with Crippen molar-refractivity contribution in [2.45, 2.75) is 77.3 Å². The second-order valence-electron chi connectivity index (χ2n) is 8.70. The summed E-state index contributed by atoms with van der Waals surface area (Å²) in [7, 11) is -3.30. The van der Waals surface area contributed by atoms with E-state index < -0.39 is 10.0 Å². The van der Waals surface area contributed by atoms with E-state index in [-0.39, 0.29) is 11.9 Å². The molecule has 1 amide bonds. The molecule has 0 unspecified atom stereocenters. The number of likely N-dealkylation sites (tertiary alicyclic amines) is 1. The second kappa shape index (κ2) is 10.1. The third kappa shape index (κ3) is 6.28. The highest BCUT2D eigenvalue weighted by molar-refractivity contribution is 7.88.